The summed E-state index contributed by atoms with van der Waals surface area (Å²) in [6.45, 7) is 3.53. The highest BCUT2D eigenvalue weighted by molar-refractivity contribution is 5.35. The molecule has 128 valence electrons. The van der Waals surface area contributed by atoms with Crippen LogP contribution in [0.5, 0.6) is 0 Å². The predicted molar refractivity (Wildman–Crippen MR) is 85.4 cm³/mol. The standard InChI is InChI=1S/C17H18F2N2O3/c1-17(2,11-6-8-12(9-7-11)21(23)24)20-10-15(22)16-13(18)4-3-5-14(16)19/h3-9,15,20,22H,10H2,1-2H3. The number of hydrogen-bond donors (Lipinski definition) is 2. The average molecular weight is 336 g/mol. The molecule has 7 heteroatoms. The number of benzene rings is 2. The lowest BCUT2D eigenvalue weighted by Crippen LogP contribution is -2.39. The van der Waals surface area contributed by atoms with Crippen LogP contribution in [0, 0.1) is 21.7 Å². The minimum Gasteiger partial charge on any atom is -0.387 e. The van der Waals surface area contributed by atoms with Crippen molar-refractivity contribution in [3.05, 3.63) is 75.3 Å². The van der Waals surface area contributed by atoms with Crippen LogP contribution in [0.4, 0.5) is 14.5 Å². The number of rotatable bonds is 6. The normalized spacial score (nSPS) is 12.9. The van der Waals surface area contributed by atoms with E-state index in [9.17, 15) is 24.0 Å². The van der Waals surface area contributed by atoms with Crippen molar-refractivity contribution in [2.24, 2.45) is 0 Å². The molecule has 0 aliphatic heterocycles. The lowest BCUT2D eigenvalue weighted by molar-refractivity contribution is -0.384. The highest BCUT2D eigenvalue weighted by Crippen LogP contribution is 2.25. The molecule has 0 radical (unpaired) electrons. The smallest absolute Gasteiger partial charge is 0.269 e. The topological polar surface area (TPSA) is 75.4 Å². The summed E-state index contributed by atoms with van der Waals surface area (Å²) in [5.41, 5.74) is -0.320. The van der Waals surface area contributed by atoms with E-state index in [4.69, 9.17) is 0 Å². The summed E-state index contributed by atoms with van der Waals surface area (Å²) in [6.07, 6.45) is -1.36. The van der Waals surface area contributed by atoms with E-state index in [0.29, 0.717) is 0 Å². The second-order valence-corrected chi connectivity index (χ2v) is 5.96. The molecule has 0 fully saturated rings. The van der Waals surface area contributed by atoms with Gasteiger partial charge in [0.15, 0.2) is 0 Å². The number of hydrogen-bond acceptors (Lipinski definition) is 4. The summed E-state index contributed by atoms with van der Waals surface area (Å²) in [5.74, 6) is -1.62. The molecule has 0 aliphatic rings. The van der Waals surface area contributed by atoms with Crippen molar-refractivity contribution in [2.45, 2.75) is 25.5 Å². The van der Waals surface area contributed by atoms with Crippen molar-refractivity contribution >= 4 is 5.69 Å². The molecule has 0 amide bonds. The van der Waals surface area contributed by atoms with E-state index < -0.39 is 28.2 Å². The molecular weight excluding hydrogens is 318 g/mol. The Labute approximate surface area is 138 Å². The quantitative estimate of drug-likeness (QED) is 0.626. The monoisotopic (exact) mass is 336 g/mol. The zero-order valence-corrected chi connectivity index (χ0v) is 13.3. The van der Waals surface area contributed by atoms with Gasteiger partial charge in [-0.15, -0.1) is 0 Å². The van der Waals surface area contributed by atoms with E-state index in [1.54, 1.807) is 26.0 Å². The van der Waals surface area contributed by atoms with Crippen molar-refractivity contribution in [3.8, 4) is 0 Å². The van der Waals surface area contributed by atoms with E-state index in [-0.39, 0.29) is 17.8 Å². The lowest BCUT2D eigenvalue weighted by Gasteiger charge is -2.28. The molecule has 0 heterocycles. The summed E-state index contributed by atoms with van der Waals surface area (Å²) in [6, 6.07) is 9.36. The number of nitrogens with one attached hydrogen (secondary N) is 1. The van der Waals surface area contributed by atoms with Gasteiger partial charge in [0.25, 0.3) is 5.69 Å². The van der Waals surface area contributed by atoms with Gasteiger partial charge >= 0.3 is 0 Å². The van der Waals surface area contributed by atoms with E-state index >= 15 is 0 Å². The number of nitrogens with zero attached hydrogens (tertiary/aromatic N) is 1. The van der Waals surface area contributed by atoms with Crippen LogP contribution in [0.15, 0.2) is 42.5 Å². The zero-order valence-electron chi connectivity index (χ0n) is 13.3. The van der Waals surface area contributed by atoms with Gasteiger partial charge in [-0.05, 0) is 31.5 Å². The summed E-state index contributed by atoms with van der Waals surface area (Å²) < 4.78 is 27.3. The van der Waals surface area contributed by atoms with E-state index in [0.717, 1.165) is 17.7 Å². The Morgan fingerprint density at radius 1 is 1.17 bits per heavy atom. The Morgan fingerprint density at radius 2 is 1.71 bits per heavy atom. The van der Waals surface area contributed by atoms with Crippen molar-refractivity contribution in [1.82, 2.24) is 5.32 Å². The van der Waals surface area contributed by atoms with Crippen LogP contribution in [0.25, 0.3) is 0 Å². The lowest BCUT2D eigenvalue weighted by atomic mass is 9.93. The van der Waals surface area contributed by atoms with E-state index in [1.807, 2.05) is 0 Å². The van der Waals surface area contributed by atoms with Crippen LogP contribution >= 0.6 is 0 Å². The van der Waals surface area contributed by atoms with Crippen LogP contribution in [-0.2, 0) is 5.54 Å². The van der Waals surface area contributed by atoms with Crippen molar-refractivity contribution < 1.29 is 18.8 Å². The molecule has 1 unspecified atom stereocenters. The fourth-order valence-electron chi connectivity index (χ4n) is 2.38. The Bertz CT molecular complexity index is 713. The molecule has 5 nitrogen and oxygen atoms in total. The van der Waals surface area contributed by atoms with Gasteiger partial charge < -0.3 is 10.4 Å². The highest BCUT2D eigenvalue weighted by atomic mass is 19.1. The molecule has 2 N–H and O–H groups in total. The maximum absolute atomic E-state index is 13.7. The van der Waals surface area contributed by atoms with Crippen LogP contribution in [0.1, 0.15) is 31.1 Å². The minimum absolute atomic E-state index is 0.0250. The molecule has 0 saturated carbocycles. The van der Waals surface area contributed by atoms with Crippen molar-refractivity contribution in [1.29, 1.82) is 0 Å². The third kappa shape index (κ3) is 3.93. The predicted octanol–water partition coefficient (Wildman–Crippen LogP) is 3.43. The van der Waals surface area contributed by atoms with Gasteiger partial charge in [-0.3, -0.25) is 10.1 Å². The summed E-state index contributed by atoms with van der Waals surface area (Å²) in [5, 5.41) is 23.8. The second-order valence-electron chi connectivity index (χ2n) is 5.96. The largest absolute Gasteiger partial charge is 0.387 e. The summed E-state index contributed by atoms with van der Waals surface area (Å²) in [7, 11) is 0. The molecular formula is C17H18F2N2O3. The van der Waals surface area contributed by atoms with Crippen molar-refractivity contribution in [2.75, 3.05) is 6.54 Å². The first-order chi connectivity index (χ1) is 11.2. The maximum Gasteiger partial charge on any atom is 0.269 e. The van der Waals surface area contributed by atoms with E-state index in [2.05, 4.69) is 5.32 Å². The Balaban J connectivity index is 2.10. The molecule has 2 rings (SSSR count). The number of halogens is 2. The molecule has 0 bridgehead atoms. The van der Waals surface area contributed by atoms with Gasteiger partial charge in [0.05, 0.1) is 16.6 Å². The third-order valence-electron chi connectivity index (χ3n) is 3.87. The molecule has 0 saturated heterocycles. The highest BCUT2D eigenvalue weighted by Gasteiger charge is 2.24. The molecule has 0 aromatic heterocycles. The first-order valence-electron chi connectivity index (χ1n) is 7.34. The molecule has 24 heavy (non-hydrogen) atoms. The summed E-state index contributed by atoms with van der Waals surface area (Å²) >= 11 is 0. The van der Waals surface area contributed by atoms with E-state index in [1.165, 1.54) is 18.2 Å². The fraction of sp³-hybridized carbons (Fsp3) is 0.294. The molecule has 2 aromatic carbocycles. The second kappa shape index (κ2) is 7.02. The average Bonchev–Trinajstić information content (AvgIpc) is 2.53. The third-order valence-corrected chi connectivity index (χ3v) is 3.87. The summed E-state index contributed by atoms with van der Waals surface area (Å²) in [4.78, 5) is 10.2. The van der Waals surface area contributed by atoms with Crippen LogP contribution in [0.2, 0.25) is 0 Å². The van der Waals surface area contributed by atoms with Gasteiger partial charge in [0, 0.05) is 24.2 Å². The van der Waals surface area contributed by atoms with Crippen molar-refractivity contribution in [3.63, 3.8) is 0 Å². The van der Waals surface area contributed by atoms with Gasteiger partial charge in [0.1, 0.15) is 11.6 Å². The van der Waals surface area contributed by atoms with Crippen LogP contribution in [-0.4, -0.2) is 16.6 Å². The number of aliphatic hydroxyl groups is 1. The Morgan fingerprint density at radius 3 is 2.21 bits per heavy atom. The minimum atomic E-state index is -1.36. The number of non-ortho nitro benzene ring substituents is 1. The van der Waals surface area contributed by atoms with Crippen LogP contribution < -0.4 is 5.32 Å². The molecule has 1 atom stereocenters. The fourth-order valence-corrected chi connectivity index (χ4v) is 2.38. The zero-order chi connectivity index (χ0) is 17.9. The molecule has 0 aliphatic carbocycles. The molecule has 2 aromatic rings. The Hall–Kier alpha value is -2.38. The van der Waals surface area contributed by atoms with Crippen LogP contribution in [0.3, 0.4) is 0 Å². The van der Waals surface area contributed by atoms with Gasteiger partial charge in [-0.2, -0.15) is 0 Å². The number of nitro benzene ring substituents is 1. The van der Waals surface area contributed by atoms with Gasteiger partial charge in [-0.1, -0.05) is 18.2 Å². The maximum atomic E-state index is 13.7. The van der Waals surface area contributed by atoms with Gasteiger partial charge in [-0.25, -0.2) is 8.78 Å². The Kier molecular flexibility index (Phi) is 5.26. The molecule has 0 spiro atoms. The van der Waals surface area contributed by atoms with Gasteiger partial charge in [0.2, 0.25) is 0 Å². The first kappa shape index (κ1) is 18.0. The number of aliphatic hydroxyl groups excluding tert-OH is 1. The first-order valence-corrected chi connectivity index (χ1v) is 7.34. The SMILES string of the molecule is CC(C)(NCC(O)c1c(F)cccc1F)c1ccc([N+](=O)[O-])cc1. The number of nitro groups is 1.